The molecule has 1 saturated heterocycles. The first-order chi connectivity index (χ1) is 11.9. The van der Waals surface area contributed by atoms with Crippen molar-refractivity contribution in [3.8, 4) is 0 Å². The first-order valence-electron chi connectivity index (χ1n) is 8.85. The van der Waals surface area contributed by atoms with Gasteiger partial charge < -0.3 is 10.2 Å². The molecular weight excluding hydrogens is 360 g/mol. The van der Waals surface area contributed by atoms with Crippen molar-refractivity contribution in [2.24, 2.45) is 5.92 Å². The normalized spacial score (nSPS) is 23.1. The van der Waals surface area contributed by atoms with Crippen molar-refractivity contribution in [1.82, 2.24) is 10.2 Å². The first-order valence-corrected chi connectivity index (χ1v) is 10.7. The quantitative estimate of drug-likeness (QED) is 0.846. The highest BCUT2D eigenvalue weighted by atomic mass is 35.5. The fraction of sp³-hybridized carbons (Fsp3) is 0.611. The number of nitrogens with zero attached hydrogens (tertiary/aromatic N) is 1. The molecule has 0 bridgehead atoms. The highest BCUT2D eigenvalue weighted by Gasteiger charge is 2.55. The van der Waals surface area contributed by atoms with E-state index >= 15 is 0 Å². The smallest absolute Gasteiger partial charge is 0.244 e. The van der Waals surface area contributed by atoms with Gasteiger partial charge in [0.2, 0.25) is 5.91 Å². The summed E-state index contributed by atoms with van der Waals surface area (Å²) in [6, 6.07) is 6.17. The molecule has 1 atom stereocenters. The number of carbonyl (C=O) groups is 1. The zero-order valence-electron chi connectivity index (χ0n) is 14.5. The predicted octanol–water partition coefficient (Wildman–Crippen LogP) is 2.49. The van der Waals surface area contributed by atoms with Crippen LogP contribution >= 0.6 is 11.6 Å². The Hall–Kier alpha value is -1.11. The number of benzene rings is 1. The molecule has 1 aliphatic carbocycles. The van der Waals surface area contributed by atoms with E-state index in [0.717, 1.165) is 25.8 Å². The summed E-state index contributed by atoms with van der Waals surface area (Å²) in [5.74, 6) is 0.184. The third kappa shape index (κ3) is 3.32. The van der Waals surface area contributed by atoms with Gasteiger partial charge in [-0.1, -0.05) is 24.4 Å². The number of likely N-dealkylation sites (tertiary alicyclic amines) is 1. The SMILES string of the molecule is CNC[C@H]1CCN(C(=O)C2(S(=O)(=O)c3ccc(Cl)cc3)CCCC2)C1. The number of hydrogen-bond acceptors (Lipinski definition) is 4. The van der Waals surface area contributed by atoms with Crippen LogP contribution in [0.2, 0.25) is 5.02 Å². The molecule has 0 radical (unpaired) electrons. The molecule has 0 spiro atoms. The van der Waals surface area contributed by atoms with E-state index in [4.69, 9.17) is 11.6 Å². The van der Waals surface area contributed by atoms with Gasteiger partial charge in [-0.25, -0.2) is 8.42 Å². The lowest BCUT2D eigenvalue weighted by molar-refractivity contribution is -0.133. The third-order valence-corrected chi connectivity index (χ3v) is 8.26. The largest absolute Gasteiger partial charge is 0.341 e. The van der Waals surface area contributed by atoms with Crippen LogP contribution < -0.4 is 5.32 Å². The molecule has 1 amide bonds. The minimum absolute atomic E-state index is 0.193. The number of halogens is 1. The van der Waals surface area contributed by atoms with Gasteiger partial charge >= 0.3 is 0 Å². The Morgan fingerprint density at radius 2 is 1.92 bits per heavy atom. The summed E-state index contributed by atoms with van der Waals surface area (Å²) in [7, 11) is -1.85. The minimum atomic E-state index is -3.75. The monoisotopic (exact) mass is 384 g/mol. The molecule has 1 aromatic carbocycles. The van der Waals surface area contributed by atoms with E-state index in [0.29, 0.717) is 36.9 Å². The number of rotatable bonds is 5. The lowest BCUT2D eigenvalue weighted by atomic mass is 10.1. The molecule has 2 aliphatic rings. The van der Waals surface area contributed by atoms with Crippen LogP contribution in [0.15, 0.2) is 29.2 Å². The van der Waals surface area contributed by atoms with Crippen molar-refractivity contribution in [2.45, 2.75) is 41.7 Å². The number of hydrogen-bond donors (Lipinski definition) is 1. The summed E-state index contributed by atoms with van der Waals surface area (Å²) in [4.78, 5) is 15.3. The second-order valence-corrected chi connectivity index (χ2v) is 9.82. The molecule has 5 nitrogen and oxygen atoms in total. The zero-order valence-corrected chi connectivity index (χ0v) is 16.1. The van der Waals surface area contributed by atoms with Crippen LogP contribution in [-0.4, -0.2) is 50.7 Å². The van der Waals surface area contributed by atoms with E-state index in [9.17, 15) is 13.2 Å². The molecular formula is C18H25ClN2O3S. The first kappa shape index (κ1) is 18.7. The Kier molecular flexibility index (Phi) is 5.42. The molecule has 1 aromatic rings. The van der Waals surface area contributed by atoms with E-state index in [1.807, 2.05) is 7.05 Å². The number of amides is 1. The van der Waals surface area contributed by atoms with Crippen molar-refractivity contribution in [2.75, 3.05) is 26.7 Å². The van der Waals surface area contributed by atoms with Crippen LogP contribution in [0.3, 0.4) is 0 Å². The summed E-state index contributed by atoms with van der Waals surface area (Å²) in [5.41, 5.74) is 0. The van der Waals surface area contributed by atoms with Crippen molar-refractivity contribution in [3.05, 3.63) is 29.3 Å². The predicted molar refractivity (Wildman–Crippen MR) is 98.5 cm³/mol. The van der Waals surface area contributed by atoms with Crippen molar-refractivity contribution in [3.63, 3.8) is 0 Å². The van der Waals surface area contributed by atoms with Crippen LogP contribution in [0.25, 0.3) is 0 Å². The van der Waals surface area contributed by atoms with Gasteiger partial charge in [-0.3, -0.25) is 4.79 Å². The molecule has 1 heterocycles. The molecule has 0 unspecified atom stereocenters. The molecule has 3 rings (SSSR count). The summed E-state index contributed by atoms with van der Waals surface area (Å²) in [5, 5.41) is 3.63. The van der Waals surface area contributed by atoms with Crippen LogP contribution in [0.5, 0.6) is 0 Å². The molecule has 1 saturated carbocycles. The Bertz CT molecular complexity index is 727. The van der Waals surface area contributed by atoms with E-state index in [1.165, 1.54) is 12.1 Å². The molecule has 138 valence electrons. The van der Waals surface area contributed by atoms with Gasteiger partial charge in [-0.15, -0.1) is 0 Å². The van der Waals surface area contributed by atoms with Crippen LogP contribution in [0, 0.1) is 5.92 Å². The Balaban J connectivity index is 1.91. The van der Waals surface area contributed by atoms with Crippen LogP contribution in [0.4, 0.5) is 0 Å². The maximum Gasteiger partial charge on any atom is 0.244 e. The summed E-state index contributed by atoms with van der Waals surface area (Å²) in [6.07, 6.45) is 3.27. The number of nitrogens with one attached hydrogen (secondary N) is 1. The number of sulfone groups is 1. The van der Waals surface area contributed by atoms with Crippen molar-refractivity contribution >= 4 is 27.3 Å². The second kappa shape index (κ2) is 7.25. The number of carbonyl (C=O) groups excluding carboxylic acids is 1. The Labute approximate surface area is 154 Å². The molecule has 1 N–H and O–H groups in total. The maximum absolute atomic E-state index is 13.4. The van der Waals surface area contributed by atoms with Gasteiger partial charge in [0.05, 0.1) is 4.90 Å². The van der Waals surface area contributed by atoms with Crippen molar-refractivity contribution in [1.29, 1.82) is 0 Å². The molecule has 1 aliphatic heterocycles. The van der Waals surface area contributed by atoms with Gasteiger partial charge in [0, 0.05) is 18.1 Å². The molecule has 0 aromatic heterocycles. The van der Waals surface area contributed by atoms with Gasteiger partial charge in [0.15, 0.2) is 14.6 Å². The Morgan fingerprint density at radius 1 is 1.28 bits per heavy atom. The van der Waals surface area contributed by atoms with Crippen LogP contribution in [0.1, 0.15) is 32.1 Å². The van der Waals surface area contributed by atoms with Gasteiger partial charge in [-0.05, 0) is 63.0 Å². The minimum Gasteiger partial charge on any atom is -0.341 e. The summed E-state index contributed by atoms with van der Waals surface area (Å²) < 4.78 is 25.4. The lowest BCUT2D eigenvalue weighted by Crippen LogP contribution is -2.51. The van der Waals surface area contributed by atoms with E-state index in [2.05, 4.69) is 5.32 Å². The van der Waals surface area contributed by atoms with E-state index in [1.54, 1.807) is 17.0 Å². The van der Waals surface area contributed by atoms with Crippen molar-refractivity contribution < 1.29 is 13.2 Å². The van der Waals surface area contributed by atoms with Gasteiger partial charge in [-0.2, -0.15) is 0 Å². The lowest BCUT2D eigenvalue weighted by Gasteiger charge is -2.32. The topological polar surface area (TPSA) is 66.5 Å². The molecule has 2 fully saturated rings. The van der Waals surface area contributed by atoms with E-state index in [-0.39, 0.29) is 10.8 Å². The second-order valence-electron chi connectivity index (χ2n) is 7.12. The summed E-state index contributed by atoms with van der Waals surface area (Å²) >= 11 is 5.89. The van der Waals surface area contributed by atoms with Gasteiger partial charge in [0.25, 0.3) is 0 Å². The standard InChI is InChI=1S/C18H25ClN2O3S/c1-20-12-14-8-11-21(13-14)17(22)18(9-2-3-10-18)25(23,24)16-6-4-15(19)5-7-16/h4-7,14,20H,2-3,8-13H2,1H3/t14-/m1/s1. The zero-order chi connectivity index (χ0) is 18.1. The van der Waals surface area contributed by atoms with Crippen LogP contribution in [-0.2, 0) is 14.6 Å². The van der Waals surface area contributed by atoms with Gasteiger partial charge in [0.1, 0.15) is 0 Å². The third-order valence-electron chi connectivity index (χ3n) is 5.51. The molecule has 25 heavy (non-hydrogen) atoms. The average Bonchev–Trinajstić information content (AvgIpc) is 3.25. The van der Waals surface area contributed by atoms with E-state index < -0.39 is 14.6 Å². The highest BCUT2D eigenvalue weighted by Crippen LogP contribution is 2.42. The Morgan fingerprint density at radius 3 is 2.52 bits per heavy atom. The molecule has 7 heteroatoms. The average molecular weight is 385 g/mol. The fourth-order valence-electron chi connectivity index (χ4n) is 4.14. The maximum atomic E-state index is 13.4. The fourth-order valence-corrected chi connectivity index (χ4v) is 6.40. The summed E-state index contributed by atoms with van der Waals surface area (Å²) in [6.45, 7) is 2.13. The highest BCUT2D eigenvalue weighted by molar-refractivity contribution is 7.93.